The number of ether oxygens (including phenoxy) is 2. The maximum atomic E-state index is 11.5. The van der Waals surface area contributed by atoms with Crippen LogP contribution in [-0.2, 0) is 4.79 Å². The number of unbranched alkanes of at least 4 members (excludes halogenated alkanes) is 1. The van der Waals surface area contributed by atoms with E-state index in [1.807, 2.05) is 24.3 Å². The lowest BCUT2D eigenvalue weighted by atomic mass is 10.3. The van der Waals surface area contributed by atoms with Gasteiger partial charge in [-0.2, -0.15) is 0 Å². The molecule has 0 heterocycles. The van der Waals surface area contributed by atoms with Gasteiger partial charge >= 0.3 is 0 Å². The first kappa shape index (κ1) is 15.3. The average molecular weight is 266 g/mol. The largest absolute Gasteiger partial charge is 0.493 e. The number of hydrogen-bond donors (Lipinski definition) is 2. The summed E-state index contributed by atoms with van der Waals surface area (Å²) in [7, 11) is 1.59. The number of amides is 1. The van der Waals surface area contributed by atoms with Gasteiger partial charge in [0.25, 0.3) is 0 Å². The summed E-state index contributed by atoms with van der Waals surface area (Å²) in [6.45, 7) is 1.67. The van der Waals surface area contributed by atoms with Crippen LogP contribution in [-0.4, -0.2) is 32.7 Å². The van der Waals surface area contributed by atoms with Gasteiger partial charge in [-0.1, -0.05) is 12.1 Å². The van der Waals surface area contributed by atoms with E-state index >= 15 is 0 Å². The Kier molecular flexibility index (Phi) is 7.43. The first-order valence-corrected chi connectivity index (χ1v) is 6.50. The van der Waals surface area contributed by atoms with E-state index in [2.05, 4.69) is 5.32 Å². The topological polar surface area (TPSA) is 73.6 Å². The van der Waals surface area contributed by atoms with Crippen molar-refractivity contribution in [2.45, 2.75) is 19.3 Å². The van der Waals surface area contributed by atoms with Crippen molar-refractivity contribution in [3.8, 4) is 11.5 Å². The van der Waals surface area contributed by atoms with Gasteiger partial charge in [-0.05, 0) is 31.5 Å². The molecule has 0 atom stereocenters. The maximum Gasteiger partial charge on any atom is 0.223 e. The third kappa shape index (κ3) is 6.10. The lowest BCUT2D eigenvalue weighted by Crippen LogP contribution is -2.26. The summed E-state index contributed by atoms with van der Waals surface area (Å²) in [5.41, 5.74) is 5.37. The van der Waals surface area contributed by atoms with Crippen molar-refractivity contribution in [3.63, 3.8) is 0 Å². The summed E-state index contributed by atoms with van der Waals surface area (Å²) in [6.07, 6.45) is 2.17. The molecule has 0 aromatic heterocycles. The minimum atomic E-state index is -0.00748. The van der Waals surface area contributed by atoms with Crippen molar-refractivity contribution in [3.05, 3.63) is 24.3 Å². The molecular weight excluding hydrogens is 244 g/mol. The Bertz CT molecular complexity index is 383. The number of methoxy groups -OCH3 is 1. The van der Waals surface area contributed by atoms with Gasteiger partial charge < -0.3 is 20.5 Å². The Balaban J connectivity index is 2.20. The van der Waals surface area contributed by atoms with Gasteiger partial charge in [0.1, 0.15) is 0 Å². The summed E-state index contributed by atoms with van der Waals surface area (Å²) in [4.78, 5) is 11.5. The highest BCUT2D eigenvalue weighted by molar-refractivity contribution is 5.75. The van der Waals surface area contributed by atoms with Crippen molar-refractivity contribution in [1.29, 1.82) is 0 Å². The Morgan fingerprint density at radius 3 is 2.68 bits per heavy atom. The zero-order valence-corrected chi connectivity index (χ0v) is 11.4. The highest BCUT2D eigenvalue weighted by atomic mass is 16.5. The van der Waals surface area contributed by atoms with E-state index in [1.165, 1.54) is 0 Å². The van der Waals surface area contributed by atoms with Crippen LogP contribution in [0.15, 0.2) is 24.3 Å². The Morgan fingerprint density at radius 2 is 2.00 bits per heavy atom. The van der Waals surface area contributed by atoms with Crippen molar-refractivity contribution >= 4 is 5.91 Å². The Labute approximate surface area is 114 Å². The fourth-order valence-electron chi connectivity index (χ4n) is 1.58. The molecule has 0 bridgehead atoms. The average Bonchev–Trinajstić information content (AvgIpc) is 2.44. The molecule has 5 nitrogen and oxygen atoms in total. The van der Waals surface area contributed by atoms with E-state index in [4.69, 9.17) is 15.2 Å². The van der Waals surface area contributed by atoms with E-state index in [0.717, 1.165) is 12.8 Å². The maximum absolute atomic E-state index is 11.5. The van der Waals surface area contributed by atoms with E-state index in [9.17, 15) is 4.79 Å². The van der Waals surface area contributed by atoms with Crippen LogP contribution in [0.4, 0.5) is 0 Å². The Hall–Kier alpha value is -1.75. The fourth-order valence-corrected chi connectivity index (χ4v) is 1.58. The molecule has 0 spiro atoms. The van der Waals surface area contributed by atoms with Crippen LogP contribution in [0.5, 0.6) is 11.5 Å². The van der Waals surface area contributed by atoms with E-state index in [-0.39, 0.29) is 5.91 Å². The molecule has 0 saturated heterocycles. The molecule has 0 unspecified atom stereocenters. The molecule has 1 aromatic carbocycles. The summed E-state index contributed by atoms with van der Waals surface area (Å²) in [6, 6.07) is 7.38. The normalized spacial score (nSPS) is 10.0. The second-order valence-electron chi connectivity index (χ2n) is 4.10. The molecule has 0 radical (unpaired) electrons. The third-order valence-corrected chi connectivity index (χ3v) is 2.61. The molecule has 19 heavy (non-hydrogen) atoms. The van der Waals surface area contributed by atoms with Crippen LogP contribution in [0, 0.1) is 0 Å². The number of nitrogens with two attached hydrogens (primary N) is 1. The summed E-state index contributed by atoms with van der Waals surface area (Å²) in [5, 5.41) is 2.83. The zero-order chi connectivity index (χ0) is 13.9. The molecule has 0 aliphatic heterocycles. The van der Waals surface area contributed by atoms with Crippen molar-refractivity contribution in [2.75, 3.05) is 26.8 Å². The molecule has 0 aliphatic rings. The molecule has 5 heteroatoms. The van der Waals surface area contributed by atoms with Crippen LogP contribution in [0.25, 0.3) is 0 Å². The Morgan fingerprint density at radius 1 is 1.26 bits per heavy atom. The first-order chi connectivity index (χ1) is 9.27. The molecule has 3 N–H and O–H groups in total. The molecular formula is C14H22N2O3. The number of para-hydroxylation sites is 2. The van der Waals surface area contributed by atoms with Gasteiger partial charge in [0.2, 0.25) is 5.91 Å². The van der Waals surface area contributed by atoms with Gasteiger partial charge in [0.05, 0.1) is 20.1 Å². The van der Waals surface area contributed by atoms with Gasteiger partial charge in [-0.25, -0.2) is 0 Å². The van der Waals surface area contributed by atoms with Crippen LogP contribution >= 0.6 is 0 Å². The van der Waals surface area contributed by atoms with Gasteiger partial charge in [-0.3, -0.25) is 4.79 Å². The minimum Gasteiger partial charge on any atom is -0.493 e. The number of benzene rings is 1. The fraction of sp³-hybridized carbons (Fsp3) is 0.500. The number of carbonyl (C=O) groups is 1. The molecule has 106 valence electrons. The number of nitrogens with one attached hydrogen (secondary N) is 1. The quantitative estimate of drug-likeness (QED) is 0.661. The lowest BCUT2D eigenvalue weighted by molar-refractivity contribution is -0.121. The smallest absolute Gasteiger partial charge is 0.223 e. The lowest BCUT2D eigenvalue weighted by Gasteiger charge is -2.10. The van der Waals surface area contributed by atoms with Gasteiger partial charge in [-0.15, -0.1) is 0 Å². The predicted molar refractivity (Wildman–Crippen MR) is 74.4 cm³/mol. The molecule has 0 aliphatic carbocycles. The van der Waals surface area contributed by atoms with Crippen LogP contribution in [0.2, 0.25) is 0 Å². The van der Waals surface area contributed by atoms with Crippen LogP contribution in [0.1, 0.15) is 19.3 Å². The van der Waals surface area contributed by atoms with Gasteiger partial charge in [0, 0.05) is 6.54 Å². The second-order valence-corrected chi connectivity index (χ2v) is 4.10. The summed E-state index contributed by atoms with van der Waals surface area (Å²) in [5.74, 6) is 1.32. The molecule has 1 rings (SSSR count). The van der Waals surface area contributed by atoms with Gasteiger partial charge in [0.15, 0.2) is 11.5 Å². The number of hydrogen-bond acceptors (Lipinski definition) is 4. The van der Waals surface area contributed by atoms with E-state index < -0.39 is 0 Å². The number of carbonyl (C=O) groups excluding carboxylic acids is 1. The molecule has 0 saturated carbocycles. The third-order valence-electron chi connectivity index (χ3n) is 2.61. The summed E-state index contributed by atoms with van der Waals surface area (Å²) >= 11 is 0. The minimum absolute atomic E-state index is 0.00748. The van der Waals surface area contributed by atoms with Crippen molar-refractivity contribution in [1.82, 2.24) is 5.32 Å². The standard InChI is InChI=1S/C14H22N2O3/c1-18-12-6-2-3-7-13(12)19-11-8-14(17)16-10-5-4-9-15/h2-3,6-7H,4-5,8-11,15H2,1H3,(H,16,17). The SMILES string of the molecule is COc1ccccc1OCCC(=O)NCCCCN. The second kappa shape index (κ2) is 9.22. The number of rotatable bonds is 9. The van der Waals surface area contributed by atoms with E-state index in [0.29, 0.717) is 37.6 Å². The first-order valence-electron chi connectivity index (χ1n) is 6.50. The highest BCUT2D eigenvalue weighted by Crippen LogP contribution is 2.25. The molecule has 0 fully saturated rings. The molecule has 1 aromatic rings. The van der Waals surface area contributed by atoms with Crippen LogP contribution in [0.3, 0.4) is 0 Å². The highest BCUT2D eigenvalue weighted by Gasteiger charge is 2.04. The van der Waals surface area contributed by atoms with Crippen LogP contribution < -0.4 is 20.5 Å². The van der Waals surface area contributed by atoms with E-state index in [1.54, 1.807) is 7.11 Å². The molecule has 1 amide bonds. The monoisotopic (exact) mass is 266 g/mol. The van der Waals surface area contributed by atoms with Crippen molar-refractivity contribution < 1.29 is 14.3 Å². The summed E-state index contributed by atoms with van der Waals surface area (Å²) < 4.78 is 10.7. The zero-order valence-electron chi connectivity index (χ0n) is 11.4. The predicted octanol–water partition coefficient (Wildman–Crippen LogP) is 1.32. The van der Waals surface area contributed by atoms with Crippen molar-refractivity contribution in [2.24, 2.45) is 5.73 Å².